The number of para-hydroxylation sites is 1. The van der Waals surface area contributed by atoms with E-state index in [1.165, 1.54) is 0 Å². The minimum Gasteiger partial charge on any atom is -0.459 e. The van der Waals surface area contributed by atoms with Crippen molar-refractivity contribution < 1.29 is 13.7 Å². The number of piperidine rings is 1. The van der Waals surface area contributed by atoms with Gasteiger partial charge in [-0.15, -0.1) is 0 Å². The number of amides is 1. The van der Waals surface area contributed by atoms with E-state index in [0.29, 0.717) is 30.6 Å². The summed E-state index contributed by atoms with van der Waals surface area (Å²) in [5.74, 6) is 1.72. The molecule has 0 radical (unpaired) electrons. The number of aromatic nitrogens is 2. The number of nitrogens with zero attached hydrogens (tertiary/aromatic N) is 4. The van der Waals surface area contributed by atoms with Crippen molar-refractivity contribution in [2.24, 2.45) is 0 Å². The first-order valence-corrected chi connectivity index (χ1v) is 9.14. The predicted molar refractivity (Wildman–Crippen MR) is 98.0 cm³/mol. The van der Waals surface area contributed by atoms with Crippen molar-refractivity contribution in [2.75, 3.05) is 25.0 Å². The lowest BCUT2D eigenvalue weighted by Gasteiger charge is -2.38. The van der Waals surface area contributed by atoms with Gasteiger partial charge < -0.3 is 13.8 Å². The molecular weight excluding hydrogens is 344 g/mol. The summed E-state index contributed by atoms with van der Waals surface area (Å²) in [7, 11) is 1.86. The van der Waals surface area contributed by atoms with E-state index in [0.717, 1.165) is 30.6 Å². The number of carbonyl (C=O) groups is 1. The van der Waals surface area contributed by atoms with Crippen molar-refractivity contribution in [3.05, 3.63) is 54.0 Å². The molecule has 4 heterocycles. The van der Waals surface area contributed by atoms with E-state index in [2.05, 4.69) is 21.1 Å². The number of benzene rings is 1. The Morgan fingerprint density at radius 3 is 2.96 bits per heavy atom. The van der Waals surface area contributed by atoms with Gasteiger partial charge in [0.15, 0.2) is 11.6 Å². The topological polar surface area (TPSA) is 75.6 Å². The zero-order valence-corrected chi connectivity index (χ0v) is 15.1. The summed E-state index contributed by atoms with van der Waals surface area (Å²) < 4.78 is 10.6. The number of furan rings is 1. The van der Waals surface area contributed by atoms with Gasteiger partial charge in [0.05, 0.1) is 18.2 Å². The van der Waals surface area contributed by atoms with E-state index in [9.17, 15) is 4.79 Å². The lowest BCUT2D eigenvalue weighted by atomic mass is 9.75. The third kappa shape index (κ3) is 2.49. The van der Waals surface area contributed by atoms with E-state index < -0.39 is 5.41 Å². The van der Waals surface area contributed by atoms with Crippen LogP contribution in [-0.4, -0.2) is 41.1 Å². The van der Waals surface area contributed by atoms with E-state index in [4.69, 9.17) is 8.94 Å². The summed E-state index contributed by atoms with van der Waals surface area (Å²) in [6, 6.07) is 11.7. The van der Waals surface area contributed by atoms with Gasteiger partial charge in [-0.2, -0.15) is 4.98 Å². The maximum Gasteiger partial charge on any atom is 0.293 e. The number of anilines is 1. The van der Waals surface area contributed by atoms with Crippen molar-refractivity contribution in [2.45, 2.75) is 24.8 Å². The maximum absolute atomic E-state index is 13.1. The first-order valence-electron chi connectivity index (χ1n) is 9.14. The Balaban J connectivity index is 1.40. The van der Waals surface area contributed by atoms with Gasteiger partial charge in [-0.3, -0.25) is 9.69 Å². The molecule has 5 rings (SSSR count). The predicted octanol–water partition coefficient (Wildman–Crippen LogP) is 2.84. The average Bonchev–Trinajstić information content (AvgIpc) is 3.41. The van der Waals surface area contributed by atoms with Crippen LogP contribution in [0.3, 0.4) is 0 Å². The van der Waals surface area contributed by atoms with Crippen LogP contribution in [0.5, 0.6) is 0 Å². The highest BCUT2D eigenvalue weighted by atomic mass is 16.5. The van der Waals surface area contributed by atoms with Gasteiger partial charge in [0, 0.05) is 19.3 Å². The number of rotatable bonds is 3. The van der Waals surface area contributed by atoms with E-state index >= 15 is 0 Å². The number of hydrogen-bond donors (Lipinski definition) is 0. The second-order valence-corrected chi connectivity index (χ2v) is 7.27. The number of likely N-dealkylation sites (tertiary alicyclic amines) is 1. The number of likely N-dealkylation sites (N-methyl/N-ethyl adjacent to an activating group) is 1. The molecule has 1 atom stereocenters. The molecule has 2 aromatic heterocycles. The summed E-state index contributed by atoms with van der Waals surface area (Å²) in [4.78, 5) is 21.6. The summed E-state index contributed by atoms with van der Waals surface area (Å²) >= 11 is 0. The summed E-state index contributed by atoms with van der Waals surface area (Å²) in [6.45, 7) is 2.12. The first kappa shape index (κ1) is 16.3. The molecule has 1 aromatic carbocycles. The summed E-state index contributed by atoms with van der Waals surface area (Å²) in [5.41, 5.74) is 1.67. The normalized spacial score (nSPS) is 22.6. The van der Waals surface area contributed by atoms with Gasteiger partial charge in [-0.25, -0.2) is 0 Å². The maximum atomic E-state index is 13.1. The molecule has 27 heavy (non-hydrogen) atoms. The lowest BCUT2D eigenvalue weighted by molar-refractivity contribution is -0.125. The largest absolute Gasteiger partial charge is 0.459 e. The highest BCUT2D eigenvalue weighted by Gasteiger charge is 2.51. The fraction of sp³-hybridized carbons (Fsp3) is 0.350. The molecule has 2 aliphatic heterocycles. The molecule has 1 spiro atoms. The molecule has 0 saturated carbocycles. The van der Waals surface area contributed by atoms with Crippen LogP contribution in [0.4, 0.5) is 5.69 Å². The number of carbonyl (C=O) groups excluding carboxylic acids is 1. The van der Waals surface area contributed by atoms with Crippen molar-refractivity contribution in [3.8, 4) is 11.7 Å². The van der Waals surface area contributed by atoms with Crippen molar-refractivity contribution in [3.63, 3.8) is 0 Å². The van der Waals surface area contributed by atoms with Crippen LogP contribution in [-0.2, 0) is 16.8 Å². The standard InChI is InChI=1S/C20H20N4O3/c1-23-15-7-3-2-6-14(15)20(19(23)25)9-5-10-24(13-20)12-17-21-18(27-22-17)16-8-4-11-26-16/h2-4,6-8,11H,5,9-10,12-13H2,1H3/t20-/m1/s1. The SMILES string of the molecule is CN1C(=O)[C@@]2(CCCN(Cc3noc(-c4ccco4)n3)C2)c2ccccc21. The van der Waals surface area contributed by atoms with E-state index in [-0.39, 0.29) is 5.91 Å². The molecule has 7 nitrogen and oxygen atoms in total. The van der Waals surface area contributed by atoms with E-state index in [1.54, 1.807) is 23.3 Å². The summed E-state index contributed by atoms with van der Waals surface area (Å²) in [5, 5.41) is 4.08. The Bertz CT molecular complexity index is 981. The van der Waals surface area contributed by atoms with Crippen LogP contribution in [0.15, 0.2) is 51.6 Å². The van der Waals surface area contributed by atoms with Gasteiger partial charge in [0.2, 0.25) is 5.91 Å². The van der Waals surface area contributed by atoms with Crippen LogP contribution >= 0.6 is 0 Å². The van der Waals surface area contributed by atoms with Crippen molar-refractivity contribution in [1.82, 2.24) is 15.0 Å². The zero-order chi connectivity index (χ0) is 18.4. The molecule has 138 valence electrons. The van der Waals surface area contributed by atoms with Crippen molar-refractivity contribution >= 4 is 11.6 Å². The smallest absolute Gasteiger partial charge is 0.293 e. The molecule has 1 saturated heterocycles. The Hall–Kier alpha value is -2.93. The molecule has 0 unspecified atom stereocenters. The molecule has 7 heteroatoms. The second-order valence-electron chi connectivity index (χ2n) is 7.27. The highest BCUT2D eigenvalue weighted by molar-refractivity contribution is 6.08. The molecule has 3 aromatic rings. The highest BCUT2D eigenvalue weighted by Crippen LogP contribution is 2.46. The average molecular weight is 364 g/mol. The minimum atomic E-state index is -0.475. The monoisotopic (exact) mass is 364 g/mol. The number of hydrogen-bond acceptors (Lipinski definition) is 6. The van der Waals surface area contributed by atoms with Gasteiger partial charge in [0.1, 0.15) is 0 Å². The molecule has 0 bridgehead atoms. The van der Waals surface area contributed by atoms with Gasteiger partial charge in [-0.1, -0.05) is 23.4 Å². The molecule has 0 N–H and O–H groups in total. The Morgan fingerprint density at radius 1 is 1.22 bits per heavy atom. The molecule has 2 aliphatic rings. The minimum absolute atomic E-state index is 0.179. The Kier molecular flexibility index (Phi) is 3.65. The van der Waals surface area contributed by atoms with Crippen LogP contribution in [0, 0.1) is 0 Å². The third-order valence-electron chi connectivity index (χ3n) is 5.63. The molecular formula is C20H20N4O3. The fourth-order valence-electron chi connectivity index (χ4n) is 4.41. The second kappa shape index (κ2) is 6.06. The van der Waals surface area contributed by atoms with E-state index in [1.807, 2.05) is 25.2 Å². The van der Waals surface area contributed by atoms with Gasteiger partial charge in [-0.05, 0) is 43.1 Å². The van der Waals surface area contributed by atoms with Gasteiger partial charge >= 0.3 is 0 Å². The van der Waals surface area contributed by atoms with Crippen LogP contribution in [0.2, 0.25) is 0 Å². The summed E-state index contributed by atoms with van der Waals surface area (Å²) in [6.07, 6.45) is 3.40. The van der Waals surface area contributed by atoms with Crippen molar-refractivity contribution in [1.29, 1.82) is 0 Å². The van der Waals surface area contributed by atoms with Crippen LogP contribution in [0.1, 0.15) is 24.2 Å². The Labute approximate surface area is 156 Å². The quantitative estimate of drug-likeness (QED) is 0.711. The fourth-order valence-corrected chi connectivity index (χ4v) is 4.41. The zero-order valence-electron chi connectivity index (χ0n) is 15.1. The number of fused-ring (bicyclic) bond motifs is 2. The molecule has 1 fully saturated rings. The first-order chi connectivity index (χ1) is 13.2. The molecule has 1 amide bonds. The van der Waals surface area contributed by atoms with Gasteiger partial charge in [0.25, 0.3) is 5.89 Å². The van der Waals surface area contributed by atoms with Crippen LogP contribution < -0.4 is 4.90 Å². The Morgan fingerprint density at radius 2 is 2.11 bits per heavy atom. The molecule has 0 aliphatic carbocycles. The van der Waals surface area contributed by atoms with Crippen LogP contribution in [0.25, 0.3) is 11.7 Å². The third-order valence-corrected chi connectivity index (χ3v) is 5.63. The lowest BCUT2D eigenvalue weighted by Crippen LogP contribution is -2.51.